The Labute approximate surface area is 119 Å². The van der Waals surface area contributed by atoms with E-state index in [0.717, 1.165) is 16.7 Å². The highest BCUT2D eigenvalue weighted by molar-refractivity contribution is 5.94. The Kier molecular flexibility index (Phi) is 4.41. The maximum absolute atomic E-state index is 12.1. The van der Waals surface area contributed by atoms with Crippen LogP contribution in [0.15, 0.2) is 42.5 Å². The summed E-state index contributed by atoms with van der Waals surface area (Å²) < 4.78 is 5.26. The Morgan fingerprint density at radius 3 is 2.60 bits per heavy atom. The zero-order chi connectivity index (χ0) is 14.5. The predicted molar refractivity (Wildman–Crippen MR) is 81.2 cm³/mol. The molecular weight excluding hydrogens is 250 g/mol. The van der Waals surface area contributed by atoms with E-state index in [1.165, 1.54) is 0 Å². The molecule has 1 N–H and O–H groups in total. The van der Waals surface area contributed by atoms with Crippen molar-refractivity contribution in [2.45, 2.75) is 20.3 Å². The smallest absolute Gasteiger partial charge is 0.228 e. The second kappa shape index (κ2) is 6.24. The molecule has 0 fully saturated rings. The van der Waals surface area contributed by atoms with Crippen LogP contribution in [0.25, 0.3) is 0 Å². The lowest BCUT2D eigenvalue weighted by Crippen LogP contribution is -2.15. The molecule has 3 heteroatoms. The molecule has 0 saturated carbocycles. The lowest BCUT2D eigenvalue weighted by molar-refractivity contribution is -0.115. The van der Waals surface area contributed by atoms with Crippen LogP contribution in [0.1, 0.15) is 16.7 Å². The van der Waals surface area contributed by atoms with Crippen LogP contribution in [-0.2, 0) is 11.2 Å². The van der Waals surface area contributed by atoms with Crippen molar-refractivity contribution < 1.29 is 9.53 Å². The summed E-state index contributed by atoms with van der Waals surface area (Å²) in [5, 5.41) is 2.91. The molecule has 0 heterocycles. The highest BCUT2D eigenvalue weighted by Crippen LogP contribution is 2.25. The third kappa shape index (κ3) is 3.38. The Hall–Kier alpha value is -2.29. The third-order valence-electron chi connectivity index (χ3n) is 3.24. The van der Waals surface area contributed by atoms with Crippen molar-refractivity contribution in [2.75, 3.05) is 12.4 Å². The molecule has 1 amide bonds. The Morgan fingerprint density at radius 1 is 1.15 bits per heavy atom. The number of aryl methyl sites for hydroxylation is 2. The largest absolute Gasteiger partial charge is 0.495 e. The van der Waals surface area contributed by atoms with Gasteiger partial charge in [-0.15, -0.1) is 0 Å². The summed E-state index contributed by atoms with van der Waals surface area (Å²) in [5.41, 5.74) is 3.96. The summed E-state index contributed by atoms with van der Waals surface area (Å²) in [6, 6.07) is 13.6. The van der Waals surface area contributed by atoms with Gasteiger partial charge in [0, 0.05) is 0 Å². The van der Waals surface area contributed by atoms with E-state index in [0.29, 0.717) is 17.9 Å². The maximum Gasteiger partial charge on any atom is 0.228 e. The quantitative estimate of drug-likeness (QED) is 0.922. The van der Waals surface area contributed by atoms with Gasteiger partial charge in [-0.2, -0.15) is 0 Å². The molecule has 2 rings (SSSR count). The van der Waals surface area contributed by atoms with Crippen LogP contribution in [-0.4, -0.2) is 13.0 Å². The first-order chi connectivity index (χ1) is 9.60. The van der Waals surface area contributed by atoms with E-state index >= 15 is 0 Å². The number of amides is 1. The van der Waals surface area contributed by atoms with Gasteiger partial charge in [-0.1, -0.05) is 30.3 Å². The number of benzene rings is 2. The second-order valence-corrected chi connectivity index (χ2v) is 4.86. The molecule has 0 aromatic heterocycles. The molecule has 0 bridgehead atoms. The van der Waals surface area contributed by atoms with Gasteiger partial charge in [-0.05, 0) is 42.7 Å². The first-order valence-corrected chi connectivity index (χ1v) is 6.59. The summed E-state index contributed by atoms with van der Waals surface area (Å²) in [5.74, 6) is 0.636. The molecule has 0 radical (unpaired) electrons. The molecule has 0 aliphatic carbocycles. The topological polar surface area (TPSA) is 38.3 Å². The van der Waals surface area contributed by atoms with Crippen molar-refractivity contribution in [2.24, 2.45) is 0 Å². The van der Waals surface area contributed by atoms with Crippen LogP contribution in [0.3, 0.4) is 0 Å². The number of nitrogens with one attached hydrogen (secondary N) is 1. The monoisotopic (exact) mass is 269 g/mol. The van der Waals surface area contributed by atoms with E-state index in [1.807, 2.05) is 56.3 Å². The normalized spacial score (nSPS) is 10.2. The van der Waals surface area contributed by atoms with Crippen LogP contribution in [0.4, 0.5) is 5.69 Å². The number of carbonyl (C=O) groups excluding carboxylic acids is 1. The number of anilines is 1. The highest BCUT2D eigenvalue weighted by atomic mass is 16.5. The van der Waals surface area contributed by atoms with Crippen LogP contribution >= 0.6 is 0 Å². The molecule has 0 unspecified atom stereocenters. The molecule has 0 spiro atoms. The Bertz CT molecular complexity index is 620. The van der Waals surface area contributed by atoms with Gasteiger partial charge in [0.2, 0.25) is 5.91 Å². The minimum Gasteiger partial charge on any atom is -0.495 e. The number of rotatable bonds is 4. The van der Waals surface area contributed by atoms with E-state index < -0.39 is 0 Å². The summed E-state index contributed by atoms with van der Waals surface area (Å²) in [4.78, 5) is 12.1. The van der Waals surface area contributed by atoms with Gasteiger partial charge < -0.3 is 10.1 Å². The minimum atomic E-state index is -0.0387. The fraction of sp³-hybridized carbons (Fsp3) is 0.235. The molecule has 20 heavy (non-hydrogen) atoms. The van der Waals surface area contributed by atoms with Gasteiger partial charge >= 0.3 is 0 Å². The number of hydrogen-bond donors (Lipinski definition) is 1. The molecule has 2 aromatic rings. The van der Waals surface area contributed by atoms with Gasteiger partial charge in [0.05, 0.1) is 19.2 Å². The molecule has 0 atom stereocenters. The van der Waals surface area contributed by atoms with Crippen molar-refractivity contribution in [1.82, 2.24) is 0 Å². The molecule has 3 nitrogen and oxygen atoms in total. The first-order valence-electron chi connectivity index (χ1n) is 6.59. The van der Waals surface area contributed by atoms with Gasteiger partial charge in [0.25, 0.3) is 0 Å². The molecular formula is C17H19NO2. The zero-order valence-electron chi connectivity index (χ0n) is 12.1. The third-order valence-corrected chi connectivity index (χ3v) is 3.24. The number of methoxy groups -OCH3 is 1. The van der Waals surface area contributed by atoms with Crippen molar-refractivity contribution in [1.29, 1.82) is 0 Å². The van der Waals surface area contributed by atoms with Gasteiger partial charge in [0.1, 0.15) is 5.75 Å². The molecule has 104 valence electrons. The summed E-state index contributed by atoms with van der Waals surface area (Å²) >= 11 is 0. The SMILES string of the molecule is COc1ccc(C)cc1NC(=O)Cc1ccccc1C. The van der Waals surface area contributed by atoms with Crippen LogP contribution in [0.2, 0.25) is 0 Å². The zero-order valence-corrected chi connectivity index (χ0v) is 12.1. The van der Waals surface area contributed by atoms with Crippen molar-refractivity contribution in [3.8, 4) is 5.75 Å². The summed E-state index contributed by atoms with van der Waals surface area (Å²) in [6.45, 7) is 3.99. The van der Waals surface area contributed by atoms with Crippen LogP contribution < -0.4 is 10.1 Å². The average molecular weight is 269 g/mol. The highest BCUT2D eigenvalue weighted by Gasteiger charge is 2.09. The van der Waals surface area contributed by atoms with Crippen molar-refractivity contribution in [3.05, 3.63) is 59.2 Å². The lowest BCUT2D eigenvalue weighted by Gasteiger charge is -2.11. The van der Waals surface area contributed by atoms with Crippen LogP contribution in [0, 0.1) is 13.8 Å². The van der Waals surface area contributed by atoms with Crippen LogP contribution in [0.5, 0.6) is 5.75 Å². The molecule has 2 aromatic carbocycles. The maximum atomic E-state index is 12.1. The Morgan fingerprint density at radius 2 is 1.90 bits per heavy atom. The molecule has 0 aliphatic rings. The molecule has 0 saturated heterocycles. The van der Waals surface area contributed by atoms with E-state index in [-0.39, 0.29) is 5.91 Å². The predicted octanol–water partition coefficient (Wildman–Crippen LogP) is 3.49. The second-order valence-electron chi connectivity index (χ2n) is 4.86. The average Bonchev–Trinajstić information content (AvgIpc) is 2.41. The van der Waals surface area contributed by atoms with Gasteiger partial charge in [-0.3, -0.25) is 4.79 Å². The minimum absolute atomic E-state index is 0.0387. The summed E-state index contributed by atoms with van der Waals surface area (Å²) in [7, 11) is 1.60. The Balaban J connectivity index is 2.12. The van der Waals surface area contributed by atoms with Crippen molar-refractivity contribution >= 4 is 11.6 Å². The van der Waals surface area contributed by atoms with Gasteiger partial charge in [0.15, 0.2) is 0 Å². The summed E-state index contributed by atoms with van der Waals surface area (Å²) in [6.07, 6.45) is 0.365. The number of carbonyl (C=O) groups is 1. The van der Waals surface area contributed by atoms with E-state index in [4.69, 9.17) is 4.74 Å². The fourth-order valence-corrected chi connectivity index (χ4v) is 2.10. The lowest BCUT2D eigenvalue weighted by atomic mass is 10.1. The standard InChI is InChI=1S/C17H19NO2/c1-12-8-9-16(20-3)15(10-12)18-17(19)11-14-7-5-4-6-13(14)2/h4-10H,11H2,1-3H3,(H,18,19). The van der Waals surface area contributed by atoms with E-state index in [1.54, 1.807) is 7.11 Å². The van der Waals surface area contributed by atoms with Gasteiger partial charge in [-0.25, -0.2) is 0 Å². The van der Waals surface area contributed by atoms with E-state index in [9.17, 15) is 4.79 Å². The fourth-order valence-electron chi connectivity index (χ4n) is 2.10. The van der Waals surface area contributed by atoms with Crippen molar-refractivity contribution in [3.63, 3.8) is 0 Å². The number of hydrogen-bond acceptors (Lipinski definition) is 2. The first kappa shape index (κ1) is 14.1. The van der Waals surface area contributed by atoms with E-state index in [2.05, 4.69) is 5.32 Å². The number of ether oxygens (including phenoxy) is 1. The molecule has 0 aliphatic heterocycles.